The Kier molecular flexibility index (Phi) is 5.43. The molecule has 2 bridgehead atoms. The number of benzene rings is 2. The largest absolute Gasteiger partial charge is 0.495 e. The number of morpholine rings is 1. The van der Waals surface area contributed by atoms with Gasteiger partial charge in [-0.15, -0.1) is 0 Å². The van der Waals surface area contributed by atoms with Crippen molar-refractivity contribution in [1.82, 2.24) is 9.88 Å². The number of nitrogens with zero attached hydrogens (tertiary/aromatic N) is 2. The Hall–Kier alpha value is -2.49. The zero-order chi connectivity index (χ0) is 25.4. The van der Waals surface area contributed by atoms with Gasteiger partial charge in [-0.05, 0) is 29.7 Å². The van der Waals surface area contributed by atoms with E-state index in [0.717, 1.165) is 22.0 Å². The molecule has 3 fully saturated rings. The number of aliphatic hydroxyl groups excluding tert-OH is 1. The first-order valence-corrected chi connectivity index (χ1v) is 13.5. The molecular formula is C29H29BrN2O5. The van der Waals surface area contributed by atoms with Crippen LogP contribution in [-0.2, 0) is 15.9 Å². The van der Waals surface area contributed by atoms with E-state index in [1.54, 1.807) is 19.5 Å². The van der Waals surface area contributed by atoms with Crippen molar-refractivity contribution in [3.8, 4) is 11.5 Å². The second-order valence-electron chi connectivity index (χ2n) is 10.6. The highest BCUT2D eigenvalue weighted by molar-refractivity contribution is 9.10. The summed E-state index contributed by atoms with van der Waals surface area (Å²) >= 11 is 3.55. The summed E-state index contributed by atoms with van der Waals surface area (Å²) < 4.78 is 19.2. The lowest BCUT2D eigenvalue weighted by molar-refractivity contribution is -0.158. The SMILES string of the molecule is COc1cncc2c1[C@]1(O)[C@H](O)[C@H](CN3[C@@H]4COC[C@H]3C4)C(c3ccccc3)[C@]1(c1ccc(Br)cc1)O2. The number of halogens is 1. The van der Waals surface area contributed by atoms with Crippen LogP contribution in [0.2, 0.25) is 0 Å². The van der Waals surface area contributed by atoms with E-state index in [0.29, 0.717) is 48.9 Å². The van der Waals surface area contributed by atoms with E-state index in [9.17, 15) is 10.2 Å². The van der Waals surface area contributed by atoms with Crippen LogP contribution in [-0.4, -0.2) is 65.2 Å². The molecule has 192 valence electrons. The maximum atomic E-state index is 12.9. The Labute approximate surface area is 224 Å². The van der Waals surface area contributed by atoms with Crippen LogP contribution in [0.3, 0.4) is 0 Å². The van der Waals surface area contributed by atoms with Crippen molar-refractivity contribution >= 4 is 15.9 Å². The summed E-state index contributed by atoms with van der Waals surface area (Å²) in [4.78, 5) is 6.75. The standard InChI is InChI=1S/C29H29BrN2O5/c1-35-23-12-31-13-24-26(23)28(34)27(33)22(14-32-20-11-21(32)16-36-15-20)25(17-5-3-2-4-6-17)29(28,37-24)18-7-9-19(30)10-8-18/h2-10,12-13,20-22,25,27,33-34H,11,14-16H2,1H3/t20-,21+,22-,25?,27-,28+,29+/m1/s1. The van der Waals surface area contributed by atoms with Crippen molar-refractivity contribution < 1.29 is 24.4 Å². The van der Waals surface area contributed by atoms with E-state index in [-0.39, 0.29) is 11.8 Å². The van der Waals surface area contributed by atoms with Gasteiger partial charge in [0, 0.05) is 34.9 Å². The minimum absolute atomic E-state index is 0.314. The van der Waals surface area contributed by atoms with Crippen molar-refractivity contribution in [2.75, 3.05) is 26.9 Å². The number of aliphatic hydroxyl groups is 2. The monoisotopic (exact) mass is 564 g/mol. The van der Waals surface area contributed by atoms with E-state index < -0.39 is 17.3 Å². The van der Waals surface area contributed by atoms with Gasteiger partial charge in [0.15, 0.2) is 11.2 Å². The van der Waals surface area contributed by atoms with E-state index in [2.05, 4.69) is 37.9 Å². The van der Waals surface area contributed by atoms with Gasteiger partial charge in [0.25, 0.3) is 0 Å². The van der Waals surface area contributed by atoms with E-state index in [4.69, 9.17) is 14.2 Å². The Morgan fingerprint density at radius 3 is 2.49 bits per heavy atom. The van der Waals surface area contributed by atoms with Gasteiger partial charge in [-0.2, -0.15) is 0 Å². The van der Waals surface area contributed by atoms with Gasteiger partial charge in [-0.25, -0.2) is 0 Å². The smallest absolute Gasteiger partial charge is 0.177 e. The Morgan fingerprint density at radius 1 is 1.08 bits per heavy atom. The molecule has 2 aromatic carbocycles. The fourth-order valence-electron chi connectivity index (χ4n) is 7.39. The Morgan fingerprint density at radius 2 is 1.81 bits per heavy atom. The number of aromatic nitrogens is 1. The van der Waals surface area contributed by atoms with Crippen LogP contribution in [0, 0.1) is 5.92 Å². The van der Waals surface area contributed by atoms with E-state index >= 15 is 0 Å². The van der Waals surface area contributed by atoms with Crippen LogP contribution in [0.1, 0.15) is 29.0 Å². The summed E-state index contributed by atoms with van der Waals surface area (Å²) in [5.41, 5.74) is -0.817. The van der Waals surface area contributed by atoms with E-state index in [1.807, 2.05) is 42.5 Å². The molecule has 7 atom stereocenters. The summed E-state index contributed by atoms with van der Waals surface area (Å²) in [5, 5.41) is 25.2. The third-order valence-electron chi connectivity index (χ3n) is 8.97. The molecule has 4 aliphatic rings. The molecule has 37 heavy (non-hydrogen) atoms. The quantitative estimate of drug-likeness (QED) is 0.490. The van der Waals surface area contributed by atoms with Crippen molar-refractivity contribution in [2.45, 2.75) is 41.7 Å². The number of hydrogen-bond acceptors (Lipinski definition) is 7. The molecule has 1 saturated carbocycles. The molecule has 4 heterocycles. The predicted molar refractivity (Wildman–Crippen MR) is 140 cm³/mol. The van der Waals surface area contributed by atoms with Crippen molar-refractivity contribution in [3.63, 3.8) is 0 Å². The van der Waals surface area contributed by atoms with Gasteiger partial charge in [-0.3, -0.25) is 9.88 Å². The molecule has 2 N–H and O–H groups in total. The summed E-state index contributed by atoms with van der Waals surface area (Å²) in [6.45, 7) is 2.04. The summed E-state index contributed by atoms with van der Waals surface area (Å²) in [7, 11) is 1.55. The van der Waals surface area contributed by atoms with Crippen LogP contribution in [0.4, 0.5) is 0 Å². The molecule has 0 radical (unpaired) electrons. The lowest BCUT2D eigenvalue weighted by Crippen LogP contribution is -2.65. The Bertz CT molecular complexity index is 1310. The first kappa shape index (κ1) is 23.6. The summed E-state index contributed by atoms with van der Waals surface area (Å²) in [5.74, 6) is 0.164. The maximum Gasteiger partial charge on any atom is 0.177 e. The average Bonchev–Trinajstić information content (AvgIpc) is 3.31. The molecule has 1 aliphatic carbocycles. The number of fused-ring (bicyclic) bond motifs is 5. The fraction of sp³-hybridized carbons (Fsp3) is 0.414. The highest BCUT2D eigenvalue weighted by Crippen LogP contribution is 2.69. The minimum Gasteiger partial charge on any atom is -0.495 e. The third-order valence-corrected chi connectivity index (χ3v) is 9.50. The summed E-state index contributed by atoms with van der Waals surface area (Å²) in [6.07, 6.45) is 3.17. The predicted octanol–water partition coefficient (Wildman–Crippen LogP) is 3.58. The fourth-order valence-corrected chi connectivity index (χ4v) is 7.65. The second-order valence-corrected chi connectivity index (χ2v) is 11.5. The number of pyridine rings is 1. The van der Waals surface area contributed by atoms with Crippen molar-refractivity contribution in [1.29, 1.82) is 0 Å². The van der Waals surface area contributed by atoms with Gasteiger partial charge in [0.05, 0.1) is 44.4 Å². The molecule has 2 saturated heterocycles. The minimum atomic E-state index is -1.77. The van der Waals surface area contributed by atoms with E-state index in [1.165, 1.54) is 0 Å². The van der Waals surface area contributed by atoms with Crippen LogP contribution >= 0.6 is 15.9 Å². The molecule has 3 aliphatic heterocycles. The number of ether oxygens (including phenoxy) is 3. The Balaban J connectivity index is 1.47. The third kappa shape index (κ3) is 3.11. The first-order chi connectivity index (χ1) is 18.0. The van der Waals surface area contributed by atoms with Gasteiger partial charge in [0.1, 0.15) is 11.5 Å². The lowest BCUT2D eigenvalue weighted by atomic mass is 9.70. The van der Waals surface area contributed by atoms with Gasteiger partial charge < -0.3 is 24.4 Å². The molecule has 1 unspecified atom stereocenters. The molecule has 1 aromatic heterocycles. The van der Waals surface area contributed by atoms with Gasteiger partial charge in [-0.1, -0.05) is 58.4 Å². The number of hydrogen-bond donors (Lipinski definition) is 2. The molecule has 0 spiro atoms. The van der Waals surface area contributed by atoms with Gasteiger partial charge in [0.2, 0.25) is 0 Å². The zero-order valence-electron chi connectivity index (χ0n) is 20.5. The van der Waals surface area contributed by atoms with Crippen molar-refractivity contribution in [2.24, 2.45) is 5.92 Å². The topological polar surface area (TPSA) is 84.3 Å². The molecule has 7 nitrogen and oxygen atoms in total. The summed E-state index contributed by atoms with van der Waals surface area (Å²) in [6, 6.07) is 18.6. The van der Waals surface area contributed by atoms with Gasteiger partial charge >= 0.3 is 0 Å². The maximum absolute atomic E-state index is 12.9. The van der Waals surface area contributed by atoms with Crippen LogP contribution in [0.15, 0.2) is 71.5 Å². The average molecular weight is 565 g/mol. The normalized spacial score (nSPS) is 35.8. The molecule has 0 amide bonds. The number of rotatable bonds is 5. The highest BCUT2D eigenvalue weighted by atomic mass is 79.9. The molecule has 8 heteroatoms. The zero-order valence-corrected chi connectivity index (χ0v) is 22.0. The second kappa shape index (κ2) is 8.51. The lowest BCUT2D eigenvalue weighted by Gasteiger charge is -2.54. The molecular weight excluding hydrogens is 536 g/mol. The number of methoxy groups -OCH3 is 1. The highest BCUT2D eigenvalue weighted by Gasteiger charge is 2.77. The molecule has 3 aromatic rings. The first-order valence-electron chi connectivity index (χ1n) is 12.8. The van der Waals surface area contributed by atoms with Crippen molar-refractivity contribution in [3.05, 3.63) is 88.2 Å². The van der Waals surface area contributed by atoms with Crippen LogP contribution < -0.4 is 9.47 Å². The van der Waals surface area contributed by atoms with Crippen LogP contribution in [0.5, 0.6) is 11.5 Å². The van der Waals surface area contributed by atoms with Crippen LogP contribution in [0.25, 0.3) is 0 Å². The molecule has 7 rings (SSSR count).